The van der Waals surface area contributed by atoms with E-state index in [2.05, 4.69) is 89.5 Å². The van der Waals surface area contributed by atoms with Crippen LogP contribution >= 0.6 is 7.75 Å². The summed E-state index contributed by atoms with van der Waals surface area (Å²) < 4.78 is 47.1. The number of amides is 1. The van der Waals surface area contributed by atoms with Gasteiger partial charge in [-0.2, -0.15) is 0 Å². The molecule has 1 aromatic heterocycles. The maximum atomic E-state index is 15.6. The number of carbonyl (C=O) groups excluding carboxylic acids is 1. The first-order chi connectivity index (χ1) is 27.6. The average molecular weight is 812 g/mol. The summed E-state index contributed by atoms with van der Waals surface area (Å²) in [6.45, 7) is 3.96. The highest BCUT2D eigenvalue weighted by Gasteiger charge is 2.55. The number of halogens is 1. The molecule has 5 atom stereocenters. The van der Waals surface area contributed by atoms with Gasteiger partial charge in [-0.05, 0) is 64.0 Å². The van der Waals surface area contributed by atoms with Crippen LogP contribution in [-0.4, -0.2) is 71.2 Å². The van der Waals surface area contributed by atoms with Crippen molar-refractivity contribution in [3.63, 3.8) is 0 Å². The number of aromatic amines is 1. The van der Waals surface area contributed by atoms with Crippen molar-refractivity contribution in [3.05, 3.63) is 136 Å². The van der Waals surface area contributed by atoms with Crippen LogP contribution in [0.15, 0.2) is 125 Å². The fraction of sp³-hybridized carbons (Fsp3) is 0.452. The fourth-order valence-electron chi connectivity index (χ4n) is 5.50. The Bertz CT molecular complexity index is 1820. The van der Waals surface area contributed by atoms with Gasteiger partial charge in [-0.15, -0.1) is 0 Å². The van der Waals surface area contributed by atoms with Crippen molar-refractivity contribution in [2.24, 2.45) is 0 Å². The van der Waals surface area contributed by atoms with Crippen LogP contribution in [0.2, 0.25) is 0 Å². The van der Waals surface area contributed by atoms with Crippen LogP contribution in [0.4, 0.5) is 4.39 Å². The highest BCUT2D eigenvalue weighted by atomic mass is 31.2. The number of nitrogens with one attached hydrogen (secondary N) is 4. The van der Waals surface area contributed by atoms with Crippen molar-refractivity contribution in [1.29, 1.82) is 0 Å². The molecule has 0 saturated carbocycles. The number of carbonyl (C=O) groups is 1. The van der Waals surface area contributed by atoms with Crippen LogP contribution in [0, 0.1) is 0 Å². The lowest BCUT2D eigenvalue weighted by Gasteiger charge is -2.24. The topological polar surface area (TPSA) is 173 Å². The highest BCUT2D eigenvalue weighted by Crippen LogP contribution is 2.46. The molecule has 57 heavy (non-hydrogen) atoms. The third kappa shape index (κ3) is 18.1. The van der Waals surface area contributed by atoms with Crippen LogP contribution < -0.4 is 31.5 Å². The minimum absolute atomic E-state index is 0.0584. The molecule has 13 nitrogen and oxygen atoms in total. The second kappa shape index (κ2) is 26.5. The van der Waals surface area contributed by atoms with Gasteiger partial charge in [0.05, 0.1) is 6.61 Å². The predicted molar refractivity (Wildman–Crippen MR) is 223 cm³/mol. The third-order valence-corrected chi connectivity index (χ3v) is 10.1. The Kier molecular flexibility index (Phi) is 21.8. The molecule has 0 radical (unpaired) electrons. The predicted octanol–water partition coefficient (Wildman–Crippen LogP) is 6.50. The van der Waals surface area contributed by atoms with E-state index in [4.69, 9.17) is 13.8 Å². The molecular formula is C42H59FN5O8P. The van der Waals surface area contributed by atoms with Crippen molar-refractivity contribution in [2.45, 2.75) is 89.3 Å². The Morgan fingerprint density at radius 2 is 1.47 bits per heavy atom. The quantitative estimate of drug-likeness (QED) is 0.0381. The van der Waals surface area contributed by atoms with E-state index in [1.54, 1.807) is 30.3 Å². The van der Waals surface area contributed by atoms with E-state index >= 15 is 4.39 Å². The van der Waals surface area contributed by atoms with Gasteiger partial charge in [0, 0.05) is 44.9 Å². The molecule has 3 rings (SSSR count). The van der Waals surface area contributed by atoms with E-state index in [-0.39, 0.29) is 18.2 Å². The number of benzene rings is 1. The van der Waals surface area contributed by atoms with Crippen LogP contribution in [0.5, 0.6) is 5.75 Å². The van der Waals surface area contributed by atoms with Gasteiger partial charge in [0.25, 0.3) is 5.56 Å². The standard InChI is InChI=1S/C42H59FN5O8P/c1-3-4-5-6-7-8-9-10-11-12-13-14-15-16-17-18-19-20-24-27-37(49)45-31-29-44-30-32-46-57(53,56-35-25-22-21-23-26-35)54-34-36-39(51)42(2,43)40(55-36)48-33-28-38(50)47-41(48)52/h4-5,7-8,10-11,13-14,16-17,19-23,25-26,28,33,36,39-40,44,51H,3,6,9,12,15,18,24,27,29-32,34H2,1-2H3,(H,45,49)(H,46,53)(H,47,50,52)/b5-4-,8-7-,11-10-,14-13-,17-16-,20-19-/t36-,39-,40?,42-,57?/m1/s1. The van der Waals surface area contributed by atoms with Gasteiger partial charge < -0.3 is 25.0 Å². The van der Waals surface area contributed by atoms with Gasteiger partial charge in [-0.25, -0.2) is 18.8 Å². The van der Waals surface area contributed by atoms with Crippen LogP contribution in [0.3, 0.4) is 0 Å². The molecular weight excluding hydrogens is 752 g/mol. The van der Waals surface area contributed by atoms with Crippen molar-refractivity contribution in [3.8, 4) is 5.75 Å². The summed E-state index contributed by atoms with van der Waals surface area (Å²) >= 11 is 0. The number of para-hydroxylation sites is 1. The number of allylic oxidation sites excluding steroid dienone is 12. The normalized spacial score (nSPS) is 21.2. The zero-order valence-corrected chi connectivity index (χ0v) is 33.9. The van der Waals surface area contributed by atoms with E-state index in [1.807, 2.05) is 11.1 Å². The number of H-pyrrole nitrogens is 1. The summed E-state index contributed by atoms with van der Waals surface area (Å²) in [5.74, 6) is 0.186. The zero-order valence-electron chi connectivity index (χ0n) is 33.0. The number of rotatable bonds is 27. The summed E-state index contributed by atoms with van der Waals surface area (Å²) in [6, 6.07) is 9.32. The van der Waals surface area contributed by atoms with E-state index in [9.17, 15) is 24.1 Å². The molecule has 2 heterocycles. The summed E-state index contributed by atoms with van der Waals surface area (Å²) in [6.07, 6.45) is 28.8. The number of ether oxygens (including phenoxy) is 1. The van der Waals surface area contributed by atoms with E-state index < -0.39 is 49.7 Å². The van der Waals surface area contributed by atoms with Gasteiger partial charge >= 0.3 is 13.4 Å². The molecule has 5 N–H and O–H groups in total. The van der Waals surface area contributed by atoms with E-state index in [1.165, 1.54) is 0 Å². The average Bonchev–Trinajstić information content (AvgIpc) is 3.41. The summed E-state index contributed by atoms with van der Waals surface area (Å²) in [7, 11) is -4.09. The lowest BCUT2D eigenvalue weighted by Crippen LogP contribution is -2.43. The lowest BCUT2D eigenvalue weighted by atomic mass is 9.98. The molecule has 1 saturated heterocycles. The smallest absolute Gasteiger partial charge is 0.413 e. The number of aliphatic hydroxyl groups is 1. The molecule has 1 aromatic carbocycles. The molecule has 2 unspecified atom stereocenters. The minimum atomic E-state index is -4.09. The second-order valence-corrected chi connectivity index (χ2v) is 15.1. The minimum Gasteiger partial charge on any atom is -0.413 e. The number of alkyl halides is 1. The molecule has 15 heteroatoms. The SMILES string of the molecule is CC/C=C\C/C=C\C/C=C\C/C=C\C/C=C\C/C=C\CCC(=O)NCCNCCNP(=O)(OC[C@H]1OC(n2ccc(=O)[nH]c2=O)[C@](C)(F)[C@@H]1O)Oc1ccccc1. The summed E-state index contributed by atoms with van der Waals surface area (Å²) in [5.41, 5.74) is -4.05. The maximum absolute atomic E-state index is 15.6. The number of hydrogen-bond acceptors (Lipinski definition) is 9. The summed E-state index contributed by atoms with van der Waals surface area (Å²) in [4.78, 5) is 38.0. The first-order valence-electron chi connectivity index (χ1n) is 19.5. The van der Waals surface area contributed by atoms with Gasteiger partial charge in [0.2, 0.25) is 5.91 Å². The van der Waals surface area contributed by atoms with Crippen molar-refractivity contribution < 1.29 is 32.6 Å². The fourth-order valence-corrected chi connectivity index (χ4v) is 6.83. The Morgan fingerprint density at radius 1 is 0.895 bits per heavy atom. The highest BCUT2D eigenvalue weighted by molar-refractivity contribution is 7.52. The van der Waals surface area contributed by atoms with Crippen molar-refractivity contribution in [1.82, 2.24) is 25.3 Å². The Hall–Kier alpha value is -4.43. The van der Waals surface area contributed by atoms with Gasteiger partial charge in [-0.1, -0.05) is 98.0 Å². The molecule has 0 aliphatic carbocycles. The maximum Gasteiger partial charge on any atom is 0.458 e. The summed E-state index contributed by atoms with van der Waals surface area (Å²) in [5, 5.41) is 19.5. The zero-order chi connectivity index (χ0) is 41.2. The van der Waals surface area contributed by atoms with Gasteiger partial charge in [0.15, 0.2) is 11.9 Å². The molecule has 312 valence electrons. The number of aliphatic hydroxyl groups excluding tert-OH is 1. The first-order valence-corrected chi connectivity index (χ1v) is 21.1. The third-order valence-electron chi connectivity index (χ3n) is 8.56. The largest absolute Gasteiger partial charge is 0.458 e. The number of hydrogen-bond donors (Lipinski definition) is 5. The molecule has 1 aliphatic heterocycles. The monoisotopic (exact) mass is 811 g/mol. The Morgan fingerprint density at radius 3 is 2.07 bits per heavy atom. The first kappa shape index (κ1) is 46.9. The molecule has 1 amide bonds. The van der Waals surface area contributed by atoms with Crippen LogP contribution in [0.1, 0.15) is 71.4 Å². The number of aromatic nitrogens is 2. The van der Waals surface area contributed by atoms with Crippen LogP contribution in [-0.2, 0) is 18.6 Å². The molecule has 2 aromatic rings. The molecule has 0 spiro atoms. The second-order valence-electron chi connectivity index (χ2n) is 13.3. The molecule has 0 bridgehead atoms. The lowest BCUT2D eigenvalue weighted by molar-refractivity contribution is -0.120. The Labute approximate surface area is 335 Å². The van der Waals surface area contributed by atoms with Crippen LogP contribution in [0.25, 0.3) is 0 Å². The molecule has 1 aliphatic rings. The van der Waals surface area contributed by atoms with Crippen molar-refractivity contribution >= 4 is 13.7 Å². The number of nitrogens with zero attached hydrogens (tertiary/aromatic N) is 1. The molecule has 1 fully saturated rings. The van der Waals surface area contributed by atoms with E-state index in [0.29, 0.717) is 32.5 Å². The Balaban J connectivity index is 1.29. The van der Waals surface area contributed by atoms with Gasteiger partial charge in [-0.3, -0.25) is 23.7 Å². The van der Waals surface area contributed by atoms with E-state index in [0.717, 1.165) is 62.3 Å². The van der Waals surface area contributed by atoms with Crippen molar-refractivity contribution in [2.75, 3.05) is 32.8 Å². The van der Waals surface area contributed by atoms with Gasteiger partial charge in [0.1, 0.15) is 18.0 Å².